The first-order valence-electron chi connectivity index (χ1n) is 9.81. The van der Waals surface area contributed by atoms with E-state index in [-0.39, 0.29) is 11.9 Å². The van der Waals surface area contributed by atoms with Gasteiger partial charge in [0.25, 0.3) is 5.91 Å². The fourth-order valence-electron chi connectivity index (χ4n) is 4.05. The monoisotopic (exact) mass is 372 g/mol. The molecule has 1 amide bonds. The smallest absolute Gasteiger partial charge is 0.287 e. The van der Waals surface area contributed by atoms with Crippen molar-refractivity contribution in [3.05, 3.63) is 35.2 Å². The summed E-state index contributed by atoms with van der Waals surface area (Å²) in [5.41, 5.74) is 3.78. The van der Waals surface area contributed by atoms with Gasteiger partial charge < -0.3 is 14.6 Å². The van der Waals surface area contributed by atoms with Crippen LogP contribution in [0.5, 0.6) is 0 Å². The minimum atomic E-state index is -0.0890. The molecule has 1 N–H and O–H groups in total. The van der Waals surface area contributed by atoms with E-state index in [2.05, 4.69) is 26.8 Å². The Morgan fingerprint density at radius 3 is 2.89 bits per heavy atom. The average Bonchev–Trinajstić information content (AvgIpc) is 3.27. The third-order valence-corrected chi connectivity index (χ3v) is 5.60. The van der Waals surface area contributed by atoms with Gasteiger partial charge in [-0.05, 0) is 19.8 Å². The second-order valence-electron chi connectivity index (χ2n) is 7.38. The van der Waals surface area contributed by atoms with E-state index in [0.717, 1.165) is 57.7 Å². The molecule has 4 rings (SSSR count). The molecular formula is C19H28N6O2. The number of amides is 1. The van der Waals surface area contributed by atoms with Crippen LogP contribution in [-0.4, -0.2) is 55.9 Å². The SMILES string of the molecule is CCn1nc(CN2CCC(NC(=O)c3nccn3C)CC2)c2c1CCOC2. The number of carbonyl (C=O) groups is 1. The number of aryl methyl sites for hydroxylation is 2. The number of piperidine rings is 1. The number of hydrogen-bond donors (Lipinski definition) is 1. The van der Waals surface area contributed by atoms with Crippen LogP contribution >= 0.6 is 0 Å². The number of nitrogens with one attached hydrogen (secondary N) is 1. The molecule has 2 aliphatic heterocycles. The van der Waals surface area contributed by atoms with E-state index in [0.29, 0.717) is 12.4 Å². The minimum Gasteiger partial charge on any atom is -0.376 e. The maximum absolute atomic E-state index is 12.3. The summed E-state index contributed by atoms with van der Waals surface area (Å²) in [6.07, 6.45) is 6.29. The van der Waals surface area contributed by atoms with Crippen LogP contribution in [0.3, 0.4) is 0 Å². The van der Waals surface area contributed by atoms with Crippen LogP contribution in [0.15, 0.2) is 12.4 Å². The molecule has 2 aromatic heterocycles. The zero-order chi connectivity index (χ0) is 18.8. The van der Waals surface area contributed by atoms with Gasteiger partial charge in [-0.2, -0.15) is 5.10 Å². The first-order valence-corrected chi connectivity index (χ1v) is 9.81. The van der Waals surface area contributed by atoms with Crippen LogP contribution in [0.25, 0.3) is 0 Å². The molecule has 0 spiro atoms. The van der Waals surface area contributed by atoms with E-state index in [9.17, 15) is 4.79 Å². The predicted molar refractivity (Wildman–Crippen MR) is 100 cm³/mol. The lowest BCUT2D eigenvalue weighted by Crippen LogP contribution is -2.45. The van der Waals surface area contributed by atoms with Crippen molar-refractivity contribution in [1.29, 1.82) is 0 Å². The summed E-state index contributed by atoms with van der Waals surface area (Å²) in [5.74, 6) is 0.378. The van der Waals surface area contributed by atoms with Gasteiger partial charge in [0, 0.05) is 69.3 Å². The topological polar surface area (TPSA) is 77.2 Å². The van der Waals surface area contributed by atoms with E-state index < -0.39 is 0 Å². The van der Waals surface area contributed by atoms with Crippen molar-refractivity contribution in [2.45, 2.75) is 51.9 Å². The standard InChI is InChI=1S/C19H28N6O2/c1-3-25-17-6-11-27-13-15(17)16(22-25)12-24-8-4-14(5-9-24)21-19(26)18-20-7-10-23(18)2/h7,10,14H,3-6,8-9,11-13H2,1-2H3,(H,21,26). The predicted octanol–water partition coefficient (Wildman–Crippen LogP) is 1.10. The van der Waals surface area contributed by atoms with E-state index in [4.69, 9.17) is 9.84 Å². The second-order valence-corrected chi connectivity index (χ2v) is 7.38. The molecule has 0 atom stereocenters. The molecule has 2 aromatic rings. The summed E-state index contributed by atoms with van der Waals surface area (Å²) < 4.78 is 9.54. The lowest BCUT2D eigenvalue weighted by molar-refractivity contribution is 0.0893. The third kappa shape index (κ3) is 3.77. The van der Waals surface area contributed by atoms with Crippen LogP contribution in [-0.2, 0) is 37.9 Å². The summed E-state index contributed by atoms with van der Waals surface area (Å²) in [6.45, 7) is 7.30. The van der Waals surface area contributed by atoms with Crippen molar-refractivity contribution < 1.29 is 9.53 Å². The molecule has 27 heavy (non-hydrogen) atoms. The highest BCUT2D eigenvalue weighted by Gasteiger charge is 2.26. The van der Waals surface area contributed by atoms with Crippen molar-refractivity contribution in [2.75, 3.05) is 19.7 Å². The second kappa shape index (κ2) is 7.82. The number of aromatic nitrogens is 4. The Bertz CT molecular complexity index is 803. The number of fused-ring (bicyclic) bond motifs is 1. The van der Waals surface area contributed by atoms with E-state index >= 15 is 0 Å². The van der Waals surface area contributed by atoms with Gasteiger partial charge in [-0.1, -0.05) is 0 Å². The lowest BCUT2D eigenvalue weighted by atomic mass is 10.0. The zero-order valence-corrected chi connectivity index (χ0v) is 16.1. The fraction of sp³-hybridized carbons (Fsp3) is 0.632. The van der Waals surface area contributed by atoms with Gasteiger partial charge in [-0.25, -0.2) is 4.98 Å². The highest BCUT2D eigenvalue weighted by molar-refractivity contribution is 5.90. The molecule has 4 heterocycles. The summed E-state index contributed by atoms with van der Waals surface area (Å²) in [5, 5.41) is 7.95. The van der Waals surface area contributed by atoms with Crippen molar-refractivity contribution in [1.82, 2.24) is 29.5 Å². The van der Waals surface area contributed by atoms with Crippen molar-refractivity contribution in [3.63, 3.8) is 0 Å². The highest BCUT2D eigenvalue weighted by atomic mass is 16.5. The maximum Gasteiger partial charge on any atom is 0.287 e. The van der Waals surface area contributed by atoms with E-state index in [1.165, 1.54) is 11.3 Å². The lowest BCUT2D eigenvalue weighted by Gasteiger charge is -2.32. The molecule has 2 aliphatic rings. The summed E-state index contributed by atoms with van der Waals surface area (Å²) in [4.78, 5) is 18.9. The normalized spacial score (nSPS) is 18.4. The first kappa shape index (κ1) is 18.2. The van der Waals surface area contributed by atoms with Gasteiger partial charge in [0.1, 0.15) is 0 Å². The molecule has 0 bridgehead atoms. The Morgan fingerprint density at radius 1 is 1.37 bits per heavy atom. The highest BCUT2D eigenvalue weighted by Crippen LogP contribution is 2.23. The molecule has 1 saturated heterocycles. The fourth-order valence-corrected chi connectivity index (χ4v) is 4.05. The summed E-state index contributed by atoms with van der Waals surface area (Å²) >= 11 is 0. The van der Waals surface area contributed by atoms with Gasteiger partial charge in [-0.3, -0.25) is 14.4 Å². The Hall–Kier alpha value is -2.19. The number of imidazole rings is 1. The van der Waals surface area contributed by atoms with Crippen LogP contribution in [0, 0.1) is 0 Å². The van der Waals surface area contributed by atoms with Gasteiger partial charge >= 0.3 is 0 Å². The molecule has 1 fully saturated rings. The summed E-state index contributed by atoms with van der Waals surface area (Å²) in [7, 11) is 1.84. The van der Waals surface area contributed by atoms with Crippen LogP contribution < -0.4 is 5.32 Å². The number of nitrogens with zero attached hydrogens (tertiary/aromatic N) is 5. The molecule has 8 nitrogen and oxygen atoms in total. The van der Waals surface area contributed by atoms with Crippen molar-refractivity contribution >= 4 is 5.91 Å². The number of ether oxygens (including phenoxy) is 1. The van der Waals surface area contributed by atoms with Gasteiger partial charge in [0.15, 0.2) is 5.82 Å². The Labute approximate surface area is 159 Å². The number of carbonyl (C=O) groups excluding carboxylic acids is 1. The average molecular weight is 372 g/mol. The third-order valence-electron chi connectivity index (χ3n) is 5.60. The Morgan fingerprint density at radius 2 is 2.19 bits per heavy atom. The molecule has 0 saturated carbocycles. The number of likely N-dealkylation sites (tertiary alicyclic amines) is 1. The molecule has 0 aliphatic carbocycles. The molecule has 0 aromatic carbocycles. The maximum atomic E-state index is 12.3. The quantitative estimate of drug-likeness (QED) is 0.851. The molecule has 8 heteroatoms. The minimum absolute atomic E-state index is 0.0890. The molecule has 146 valence electrons. The molecular weight excluding hydrogens is 344 g/mol. The molecule has 0 radical (unpaired) electrons. The van der Waals surface area contributed by atoms with Crippen molar-refractivity contribution in [3.8, 4) is 0 Å². The van der Waals surface area contributed by atoms with Gasteiger partial charge in [0.2, 0.25) is 0 Å². The Balaban J connectivity index is 1.33. The first-order chi connectivity index (χ1) is 13.2. The van der Waals surface area contributed by atoms with Gasteiger partial charge in [0.05, 0.1) is 18.9 Å². The molecule has 0 unspecified atom stereocenters. The zero-order valence-electron chi connectivity index (χ0n) is 16.1. The van der Waals surface area contributed by atoms with Crippen molar-refractivity contribution in [2.24, 2.45) is 7.05 Å². The summed E-state index contributed by atoms with van der Waals surface area (Å²) in [6, 6.07) is 0.205. The number of hydrogen-bond acceptors (Lipinski definition) is 5. The van der Waals surface area contributed by atoms with Crippen LogP contribution in [0.1, 0.15) is 47.3 Å². The van der Waals surface area contributed by atoms with Crippen LogP contribution in [0.4, 0.5) is 0 Å². The van der Waals surface area contributed by atoms with Crippen LogP contribution in [0.2, 0.25) is 0 Å². The van der Waals surface area contributed by atoms with Gasteiger partial charge in [-0.15, -0.1) is 0 Å². The largest absolute Gasteiger partial charge is 0.376 e. The Kier molecular flexibility index (Phi) is 5.27. The van der Waals surface area contributed by atoms with E-state index in [1.54, 1.807) is 17.0 Å². The number of rotatable bonds is 5. The van der Waals surface area contributed by atoms with E-state index in [1.807, 2.05) is 7.05 Å².